The fourth-order valence-electron chi connectivity index (χ4n) is 2.11. The van der Waals surface area contributed by atoms with E-state index in [1.54, 1.807) is 35.8 Å². The van der Waals surface area contributed by atoms with Crippen molar-refractivity contribution < 1.29 is 21.6 Å². The number of aromatic nitrogens is 1. The summed E-state index contributed by atoms with van der Waals surface area (Å²) in [4.78, 5) is 3.80. The number of thiazole rings is 1. The predicted octanol–water partition coefficient (Wildman–Crippen LogP) is 2.06. The van der Waals surface area contributed by atoms with Crippen LogP contribution in [0.25, 0.3) is 0 Å². The Labute approximate surface area is 160 Å². The van der Waals surface area contributed by atoms with E-state index in [-0.39, 0.29) is 16.3 Å². The van der Waals surface area contributed by atoms with Crippen LogP contribution in [-0.2, 0) is 26.6 Å². The van der Waals surface area contributed by atoms with Crippen LogP contribution in [0.15, 0.2) is 69.9 Å². The van der Waals surface area contributed by atoms with E-state index in [2.05, 4.69) is 9.71 Å². The number of hydrogen-bond acceptors (Lipinski definition) is 7. The highest BCUT2D eigenvalue weighted by Crippen LogP contribution is 2.23. The number of nitrogens with two attached hydrogens (primary N) is 1. The van der Waals surface area contributed by atoms with Gasteiger partial charge in [0.25, 0.3) is 5.19 Å². The number of ether oxygens (including phenoxy) is 1. The highest BCUT2D eigenvalue weighted by atomic mass is 32.2. The van der Waals surface area contributed by atoms with Gasteiger partial charge in [-0.05, 0) is 42.0 Å². The summed E-state index contributed by atoms with van der Waals surface area (Å²) >= 11 is 1.37. The van der Waals surface area contributed by atoms with Gasteiger partial charge in [0.15, 0.2) is 0 Å². The topological polar surface area (TPSA) is 128 Å². The quantitative estimate of drug-likeness (QED) is 0.596. The lowest BCUT2D eigenvalue weighted by Crippen LogP contribution is -2.23. The van der Waals surface area contributed by atoms with Crippen molar-refractivity contribution in [3.05, 3.63) is 65.7 Å². The minimum absolute atomic E-state index is 0.0568. The summed E-state index contributed by atoms with van der Waals surface area (Å²) in [5, 5.41) is 7.32. The molecule has 0 aliphatic heterocycles. The monoisotopic (exact) mass is 425 g/mol. The maximum atomic E-state index is 12.3. The minimum Gasteiger partial charge on any atom is -0.431 e. The molecule has 0 unspecified atom stereocenters. The molecule has 1 heterocycles. The highest BCUT2D eigenvalue weighted by Gasteiger charge is 2.15. The lowest BCUT2D eigenvalue weighted by Gasteiger charge is -2.08. The van der Waals surface area contributed by atoms with Gasteiger partial charge in [0.05, 0.1) is 9.79 Å². The van der Waals surface area contributed by atoms with Gasteiger partial charge in [-0.15, -0.1) is 0 Å². The molecule has 3 N–H and O–H groups in total. The van der Waals surface area contributed by atoms with E-state index >= 15 is 0 Å². The van der Waals surface area contributed by atoms with Crippen molar-refractivity contribution >= 4 is 31.4 Å². The number of sulfonamides is 2. The molecular formula is C16H15N3O5S3. The van der Waals surface area contributed by atoms with Gasteiger partial charge in [-0.25, -0.2) is 31.7 Å². The predicted molar refractivity (Wildman–Crippen MR) is 100 cm³/mol. The van der Waals surface area contributed by atoms with Gasteiger partial charge in [0.2, 0.25) is 20.0 Å². The summed E-state index contributed by atoms with van der Waals surface area (Å²) in [6.07, 6.45) is 1.64. The molecule has 1 aromatic heterocycles. The highest BCUT2D eigenvalue weighted by molar-refractivity contribution is 7.89. The van der Waals surface area contributed by atoms with Crippen molar-refractivity contribution in [3.63, 3.8) is 0 Å². The lowest BCUT2D eigenvalue weighted by molar-refractivity contribution is 0.478. The molecule has 0 amide bonds. The number of nitrogens with one attached hydrogen (secondary N) is 1. The molecule has 0 saturated heterocycles. The van der Waals surface area contributed by atoms with Crippen molar-refractivity contribution in [1.29, 1.82) is 0 Å². The molecule has 2 aromatic carbocycles. The Morgan fingerprint density at radius 3 is 2.15 bits per heavy atom. The van der Waals surface area contributed by atoms with E-state index in [4.69, 9.17) is 9.88 Å². The Morgan fingerprint density at radius 1 is 0.963 bits per heavy atom. The van der Waals surface area contributed by atoms with E-state index in [1.165, 1.54) is 23.5 Å². The molecule has 0 radical (unpaired) electrons. The van der Waals surface area contributed by atoms with Crippen LogP contribution in [-0.4, -0.2) is 21.8 Å². The molecule has 0 aliphatic rings. The lowest BCUT2D eigenvalue weighted by atomic mass is 10.2. The number of hydrogen-bond donors (Lipinski definition) is 2. The summed E-state index contributed by atoms with van der Waals surface area (Å²) in [7, 11) is -7.67. The molecule has 0 bridgehead atoms. The number of benzene rings is 2. The Hall–Kier alpha value is -2.31. The SMILES string of the molecule is NS(=O)(=O)c1ccc(S(=O)(=O)NCc2ccc(Oc3nccs3)cc2)cc1. The van der Waals surface area contributed by atoms with Crippen molar-refractivity contribution in [1.82, 2.24) is 9.71 Å². The second kappa shape index (κ2) is 7.74. The average Bonchev–Trinajstić information content (AvgIpc) is 3.14. The van der Waals surface area contributed by atoms with Crippen LogP contribution in [0.5, 0.6) is 10.9 Å². The van der Waals surface area contributed by atoms with Gasteiger partial charge in [-0.1, -0.05) is 23.5 Å². The van der Waals surface area contributed by atoms with Crippen molar-refractivity contribution in [2.24, 2.45) is 5.14 Å². The van der Waals surface area contributed by atoms with Crippen LogP contribution < -0.4 is 14.6 Å². The third-order valence-corrected chi connectivity index (χ3v) is 6.46. The summed E-state index contributed by atoms with van der Waals surface area (Å²) < 4.78 is 55.1. The zero-order valence-electron chi connectivity index (χ0n) is 13.8. The van der Waals surface area contributed by atoms with Crippen LogP contribution in [0.2, 0.25) is 0 Å². The number of primary sulfonamides is 1. The standard InChI is InChI=1S/C16H15N3O5S3/c17-26(20,21)14-5-7-15(8-6-14)27(22,23)19-11-12-1-3-13(4-2-12)24-16-18-9-10-25-16/h1-10,19H,11H2,(H2,17,20,21). The minimum atomic E-state index is -3.87. The normalized spacial score (nSPS) is 12.0. The second-order valence-electron chi connectivity index (χ2n) is 5.38. The first-order valence-corrected chi connectivity index (χ1v) is 11.4. The van der Waals surface area contributed by atoms with E-state index in [1.807, 2.05) is 0 Å². The van der Waals surface area contributed by atoms with Crippen molar-refractivity contribution in [3.8, 4) is 10.9 Å². The van der Waals surface area contributed by atoms with E-state index in [9.17, 15) is 16.8 Å². The Balaban J connectivity index is 1.64. The summed E-state index contributed by atoms with van der Waals surface area (Å²) in [6, 6.07) is 11.6. The van der Waals surface area contributed by atoms with Crippen LogP contribution in [0, 0.1) is 0 Å². The van der Waals surface area contributed by atoms with Gasteiger partial charge in [-0.3, -0.25) is 0 Å². The van der Waals surface area contributed by atoms with Crippen molar-refractivity contribution in [2.45, 2.75) is 16.3 Å². The zero-order valence-corrected chi connectivity index (χ0v) is 16.2. The fraction of sp³-hybridized carbons (Fsp3) is 0.0625. The largest absolute Gasteiger partial charge is 0.431 e. The van der Waals surface area contributed by atoms with Gasteiger partial charge in [-0.2, -0.15) is 0 Å². The zero-order chi connectivity index (χ0) is 19.5. The third-order valence-electron chi connectivity index (χ3n) is 3.47. The average molecular weight is 426 g/mol. The first kappa shape index (κ1) is 19.5. The smallest absolute Gasteiger partial charge is 0.278 e. The second-order valence-corrected chi connectivity index (χ2v) is 9.57. The molecule has 0 atom stereocenters. The van der Waals surface area contributed by atoms with Gasteiger partial charge >= 0.3 is 0 Å². The first-order valence-electron chi connectivity index (χ1n) is 7.53. The third kappa shape index (κ3) is 5.11. The molecule has 0 spiro atoms. The van der Waals surface area contributed by atoms with Crippen LogP contribution in [0.1, 0.15) is 5.56 Å². The molecule has 8 nitrogen and oxygen atoms in total. The molecular weight excluding hydrogens is 410 g/mol. The number of nitrogens with zero attached hydrogens (tertiary/aromatic N) is 1. The number of rotatable bonds is 7. The Morgan fingerprint density at radius 2 is 1.59 bits per heavy atom. The maximum absolute atomic E-state index is 12.3. The molecule has 3 rings (SSSR count). The first-order chi connectivity index (χ1) is 12.7. The Kier molecular flexibility index (Phi) is 5.58. The van der Waals surface area contributed by atoms with Crippen molar-refractivity contribution in [2.75, 3.05) is 0 Å². The molecule has 27 heavy (non-hydrogen) atoms. The summed E-state index contributed by atoms with van der Waals surface area (Å²) in [5.74, 6) is 0.593. The van der Waals surface area contributed by atoms with E-state index in [0.29, 0.717) is 10.9 Å². The van der Waals surface area contributed by atoms with E-state index < -0.39 is 20.0 Å². The van der Waals surface area contributed by atoms with Crippen LogP contribution in [0.4, 0.5) is 0 Å². The Bertz CT molecular complexity index is 1110. The van der Waals surface area contributed by atoms with Crippen LogP contribution in [0.3, 0.4) is 0 Å². The van der Waals surface area contributed by atoms with Crippen LogP contribution >= 0.6 is 11.3 Å². The maximum Gasteiger partial charge on any atom is 0.278 e. The van der Waals surface area contributed by atoms with Gasteiger partial charge < -0.3 is 4.74 Å². The van der Waals surface area contributed by atoms with E-state index in [0.717, 1.165) is 17.7 Å². The molecule has 0 saturated carbocycles. The van der Waals surface area contributed by atoms with Gasteiger partial charge in [0.1, 0.15) is 5.75 Å². The fourth-order valence-corrected chi connectivity index (χ4v) is 4.14. The van der Waals surface area contributed by atoms with Gasteiger partial charge in [0, 0.05) is 18.1 Å². The molecule has 11 heteroatoms. The molecule has 0 aliphatic carbocycles. The molecule has 3 aromatic rings. The summed E-state index contributed by atoms with van der Waals surface area (Å²) in [6.45, 7) is 0.0663. The summed E-state index contributed by atoms with van der Waals surface area (Å²) in [5.41, 5.74) is 0.728. The molecule has 0 fully saturated rings. The molecule has 142 valence electrons.